The van der Waals surface area contributed by atoms with Gasteiger partial charge in [0.15, 0.2) is 12.3 Å². The number of ether oxygens (including phenoxy) is 3. The molecule has 8 atom stereocenters. The number of aliphatic hydroxyl groups excluding tert-OH is 3. The van der Waals surface area contributed by atoms with Crippen molar-refractivity contribution in [1.82, 2.24) is 9.55 Å². The first-order valence-corrected chi connectivity index (χ1v) is 28.0. The van der Waals surface area contributed by atoms with E-state index < -0.39 is 89.8 Å². The monoisotopic (exact) mass is 1040 g/mol. The lowest BCUT2D eigenvalue weighted by atomic mass is 10.1. The van der Waals surface area contributed by atoms with Gasteiger partial charge < -0.3 is 45.1 Å². The number of nitrogen functional groups attached to an aromatic ring is 1. The third kappa shape index (κ3) is 30.7. The number of carbonyl (C=O) groups excluding carboxylic acids is 2. The van der Waals surface area contributed by atoms with Gasteiger partial charge in [0.1, 0.15) is 30.7 Å². The normalized spacial score (nSPS) is 20.2. The van der Waals surface area contributed by atoms with Gasteiger partial charge in [-0.05, 0) is 76.7 Å². The highest BCUT2D eigenvalue weighted by molar-refractivity contribution is 7.61. The molecule has 1 fully saturated rings. The van der Waals surface area contributed by atoms with Crippen molar-refractivity contribution in [1.29, 1.82) is 0 Å². The molecule has 21 heteroatoms. The molecule has 0 radical (unpaired) electrons. The number of unbranched alkanes of at least 4 members (excludes halogenated alkanes) is 11. The van der Waals surface area contributed by atoms with Crippen LogP contribution in [-0.2, 0) is 46.3 Å². The minimum absolute atomic E-state index is 0.0284. The molecule has 1 aliphatic rings. The second kappa shape index (κ2) is 37.8. The van der Waals surface area contributed by atoms with Crippen LogP contribution in [0.4, 0.5) is 5.82 Å². The standard InChI is InChI=1S/C50H81N3O16P2/c1-3-5-7-9-11-12-13-14-15-16-17-18-19-20-22-26-30-34-45(55)64-38-42(67-46(56)35-31-27-23-25-29-33-41(54)32-28-24-21-10-8-6-4-2)39-65-70(60,61)69-71(62,63)66-40-43-47(57)48(58)49(68-43)53-37-36-44(51)52-50(53)59/h6,8,11-12,14-15,17-18,21,24,28,32,36-37,41-43,47-49,54,57-58H,3-5,7,9-10,13,16,19-20,22-23,25-27,29-31,33-35,38-40H2,1-2H3,(H,60,61)(H,62,63)(H2,51,52,59)/b8-6+,12-11-,15-14-,18-17-,24-21+,32-28+/t41?,42-,43-,47-,48-,49-/m1/s1. The van der Waals surface area contributed by atoms with E-state index in [9.17, 15) is 48.6 Å². The molecule has 402 valence electrons. The maximum atomic E-state index is 12.9. The third-order valence-corrected chi connectivity index (χ3v) is 13.5. The molecule has 0 saturated carbocycles. The molecule has 7 N–H and O–H groups in total. The lowest BCUT2D eigenvalue weighted by Crippen LogP contribution is -2.36. The summed E-state index contributed by atoms with van der Waals surface area (Å²) in [6, 6.07) is 1.24. The highest BCUT2D eigenvalue weighted by atomic mass is 31.3. The van der Waals surface area contributed by atoms with E-state index in [-0.39, 0.29) is 18.7 Å². The molecular formula is C50H81N3O16P2. The van der Waals surface area contributed by atoms with Crippen LogP contribution in [0, 0.1) is 0 Å². The second-order valence-corrected chi connectivity index (χ2v) is 20.2. The van der Waals surface area contributed by atoms with E-state index in [0.29, 0.717) is 25.7 Å². The first kappa shape index (κ1) is 63.3. The SMILES string of the molecule is CC/C=C/C/C=C/C=C/C(O)CCCCCCCC(=O)O[C@H](COC(=O)CCCCCC/C=C\C/C=C\C/C=C\CCCCC)COP(=O)(O)OP(=O)(O)OC[C@H]1O[C@@H](n2ccc(N)nc2=O)[C@H](O)[C@@H]1O. The zero-order chi connectivity index (χ0) is 52.2. The minimum Gasteiger partial charge on any atom is -0.462 e. The number of carbonyl (C=O) groups is 2. The van der Waals surface area contributed by atoms with Gasteiger partial charge in [0, 0.05) is 19.0 Å². The fourth-order valence-corrected chi connectivity index (χ4v) is 9.08. The molecule has 2 rings (SSSR count). The number of aromatic nitrogens is 2. The minimum atomic E-state index is -5.45. The van der Waals surface area contributed by atoms with Crippen LogP contribution in [0.15, 0.2) is 90.0 Å². The van der Waals surface area contributed by atoms with Gasteiger partial charge in [-0.25, -0.2) is 13.9 Å². The molecule has 3 unspecified atom stereocenters. The Morgan fingerprint density at radius 3 is 2.03 bits per heavy atom. The van der Waals surface area contributed by atoms with E-state index in [1.54, 1.807) is 6.08 Å². The highest BCUT2D eigenvalue weighted by Crippen LogP contribution is 2.60. The van der Waals surface area contributed by atoms with E-state index in [1.165, 1.54) is 25.3 Å². The van der Waals surface area contributed by atoms with Crippen molar-refractivity contribution in [3.63, 3.8) is 0 Å². The summed E-state index contributed by atoms with van der Waals surface area (Å²) in [5, 5.41) is 31.1. The fourth-order valence-electron chi connectivity index (χ4n) is 6.97. The number of nitrogens with two attached hydrogens (primary N) is 1. The van der Waals surface area contributed by atoms with Crippen LogP contribution in [-0.4, -0.2) is 96.9 Å². The Morgan fingerprint density at radius 1 is 0.761 bits per heavy atom. The number of phosphoric acid groups is 2. The van der Waals surface area contributed by atoms with Crippen molar-refractivity contribution in [2.45, 2.75) is 185 Å². The van der Waals surface area contributed by atoms with Gasteiger partial charge in [0.25, 0.3) is 0 Å². The molecule has 1 aromatic rings. The number of allylic oxidation sites excluding steroid dienone is 11. The predicted molar refractivity (Wildman–Crippen MR) is 271 cm³/mol. The zero-order valence-corrected chi connectivity index (χ0v) is 43.4. The van der Waals surface area contributed by atoms with E-state index in [2.05, 4.69) is 71.8 Å². The first-order chi connectivity index (χ1) is 34.1. The second-order valence-electron chi connectivity index (χ2n) is 17.1. The molecule has 71 heavy (non-hydrogen) atoms. The maximum Gasteiger partial charge on any atom is 0.481 e. The van der Waals surface area contributed by atoms with Gasteiger partial charge in [-0.15, -0.1) is 0 Å². The van der Waals surface area contributed by atoms with Gasteiger partial charge in [0.05, 0.1) is 19.3 Å². The molecule has 0 amide bonds. The summed E-state index contributed by atoms with van der Waals surface area (Å²) in [6.07, 6.45) is 34.3. The summed E-state index contributed by atoms with van der Waals surface area (Å²) < 4.78 is 56.7. The molecule has 0 aromatic carbocycles. The highest BCUT2D eigenvalue weighted by Gasteiger charge is 2.46. The van der Waals surface area contributed by atoms with Crippen molar-refractivity contribution < 1.29 is 71.4 Å². The average Bonchev–Trinajstić information content (AvgIpc) is 3.60. The lowest BCUT2D eigenvalue weighted by Gasteiger charge is -2.21. The summed E-state index contributed by atoms with van der Waals surface area (Å²) in [4.78, 5) is 61.9. The van der Waals surface area contributed by atoms with Crippen LogP contribution in [0.3, 0.4) is 0 Å². The molecule has 1 aromatic heterocycles. The van der Waals surface area contributed by atoms with Crippen molar-refractivity contribution >= 4 is 33.4 Å². The molecule has 0 aliphatic carbocycles. The molecule has 2 heterocycles. The van der Waals surface area contributed by atoms with Gasteiger partial charge in [-0.1, -0.05) is 138 Å². The summed E-state index contributed by atoms with van der Waals surface area (Å²) in [5.74, 6) is -1.41. The van der Waals surface area contributed by atoms with Crippen LogP contribution >= 0.6 is 15.6 Å². The molecule has 1 saturated heterocycles. The van der Waals surface area contributed by atoms with E-state index in [4.69, 9.17) is 29.0 Å². The van der Waals surface area contributed by atoms with Gasteiger partial charge in [-0.2, -0.15) is 9.29 Å². The van der Waals surface area contributed by atoms with Crippen LogP contribution < -0.4 is 11.4 Å². The summed E-state index contributed by atoms with van der Waals surface area (Å²) in [5.41, 5.74) is 4.57. The number of anilines is 1. The first-order valence-electron chi connectivity index (χ1n) is 25.1. The largest absolute Gasteiger partial charge is 0.481 e. The lowest BCUT2D eigenvalue weighted by molar-refractivity contribution is -0.161. The van der Waals surface area contributed by atoms with Crippen LogP contribution in [0.1, 0.15) is 155 Å². The molecule has 19 nitrogen and oxygen atoms in total. The quantitative estimate of drug-likeness (QED) is 0.0117. The number of esters is 2. The number of aliphatic hydroxyl groups is 3. The number of phosphoric ester groups is 2. The summed E-state index contributed by atoms with van der Waals surface area (Å²) in [7, 11) is -10.9. The predicted octanol–water partition coefficient (Wildman–Crippen LogP) is 9.08. The topological polar surface area (TPSA) is 286 Å². The van der Waals surface area contributed by atoms with E-state index >= 15 is 0 Å². The Labute approximate surface area is 419 Å². The van der Waals surface area contributed by atoms with Crippen molar-refractivity contribution in [3.8, 4) is 0 Å². The Kier molecular flexibility index (Phi) is 33.7. The van der Waals surface area contributed by atoms with E-state index in [1.807, 2.05) is 18.2 Å². The zero-order valence-electron chi connectivity index (χ0n) is 41.6. The molecular weight excluding hydrogens is 961 g/mol. The Bertz CT molecular complexity index is 1990. The Hall–Kier alpha value is -3.84. The number of rotatable bonds is 40. The maximum absolute atomic E-state index is 12.9. The Balaban J connectivity index is 1.84. The summed E-state index contributed by atoms with van der Waals surface area (Å²) >= 11 is 0. The molecule has 0 spiro atoms. The van der Waals surface area contributed by atoms with Crippen molar-refractivity contribution in [2.75, 3.05) is 25.6 Å². The van der Waals surface area contributed by atoms with Gasteiger partial charge in [0.2, 0.25) is 0 Å². The Morgan fingerprint density at radius 2 is 1.35 bits per heavy atom. The number of hydrogen-bond donors (Lipinski definition) is 6. The smallest absolute Gasteiger partial charge is 0.462 e. The van der Waals surface area contributed by atoms with Crippen molar-refractivity contribution in [3.05, 3.63) is 95.7 Å². The number of hydrogen-bond acceptors (Lipinski definition) is 16. The molecule has 0 bridgehead atoms. The van der Waals surface area contributed by atoms with Gasteiger partial charge in [-0.3, -0.25) is 23.2 Å². The van der Waals surface area contributed by atoms with Crippen LogP contribution in [0.2, 0.25) is 0 Å². The molecule has 1 aliphatic heterocycles. The average molecular weight is 1040 g/mol. The van der Waals surface area contributed by atoms with Crippen molar-refractivity contribution in [2.24, 2.45) is 0 Å². The number of nitrogens with zero attached hydrogens (tertiary/aromatic N) is 2. The van der Waals surface area contributed by atoms with E-state index in [0.717, 1.165) is 87.8 Å². The van der Waals surface area contributed by atoms with Gasteiger partial charge >= 0.3 is 33.3 Å². The fraction of sp³-hybridized carbons (Fsp3) is 0.640. The third-order valence-electron chi connectivity index (χ3n) is 10.9. The van der Waals surface area contributed by atoms with Crippen LogP contribution in [0.25, 0.3) is 0 Å². The van der Waals surface area contributed by atoms with Crippen LogP contribution in [0.5, 0.6) is 0 Å². The summed E-state index contributed by atoms with van der Waals surface area (Å²) in [6.45, 7) is 1.87.